The van der Waals surface area contributed by atoms with Crippen molar-refractivity contribution in [2.24, 2.45) is 5.92 Å². The van der Waals surface area contributed by atoms with E-state index in [0.29, 0.717) is 11.5 Å². The molecule has 4 aromatic carbocycles. The first-order valence-corrected chi connectivity index (χ1v) is 19.6. The van der Waals surface area contributed by atoms with Gasteiger partial charge in [0, 0.05) is 13.3 Å². The molecule has 0 spiro atoms. The Morgan fingerprint density at radius 2 is 1.19 bits per heavy atom. The van der Waals surface area contributed by atoms with Crippen LogP contribution in [0.3, 0.4) is 0 Å². The summed E-state index contributed by atoms with van der Waals surface area (Å²) in [5.41, 5.74) is 3.46. The highest BCUT2D eigenvalue weighted by atomic mass is 16.7. The molecule has 0 saturated carbocycles. The molecule has 0 unspecified atom stereocenters. The first kappa shape index (κ1) is 44.8. The molecule has 13 heteroatoms. The van der Waals surface area contributed by atoms with E-state index in [1.807, 2.05) is 123 Å². The van der Waals surface area contributed by atoms with E-state index >= 15 is 0 Å². The van der Waals surface area contributed by atoms with Gasteiger partial charge < -0.3 is 47.9 Å². The Hall–Kier alpha value is -5.31. The Balaban J connectivity index is 1.45. The van der Waals surface area contributed by atoms with Crippen molar-refractivity contribution >= 4 is 17.8 Å². The molecule has 4 aromatic rings. The molecule has 1 N–H and O–H groups in total. The lowest BCUT2D eigenvalue weighted by Crippen LogP contribution is -2.61. The molecule has 1 saturated heterocycles. The van der Waals surface area contributed by atoms with E-state index in [2.05, 4.69) is 5.32 Å². The van der Waals surface area contributed by atoms with Crippen LogP contribution in [0, 0.1) is 5.92 Å². The zero-order chi connectivity index (χ0) is 42.1. The highest BCUT2D eigenvalue weighted by molar-refractivity contribution is 5.88. The van der Waals surface area contributed by atoms with Gasteiger partial charge in [0.15, 0.2) is 18.4 Å². The van der Waals surface area contributed by atoms with Crippen LogP contribution in [0.5, 0.6) is 11.5 Å². The number of hydrogen-bond donors (Lipinski definition) is 1. The Bertz CT molecular complexity index is 1870. The fourth-order valence-electron chi connectivity index (χ4n) is 6.63. The average Bonchev–Trinajstić information content (AvgIpc) is 3.26. The summed E-state index contributed by atoms with van der Waals surface area (Å²) in [5, 5.41) is 2.77. The summed E-state index contributed by atoms with van der Waals surface area (Å²) in [5.74, 6) is -1.07. The number of esters is 2. The predicted molar refractivity (Wildman–Crippen MR) is 217 cm³/mol. The van der Waals surface area contributed by atoms with Gasteiger partial charge in [0.1, 0.15) is 29.8 Å². The molecular weight excluding hydrogens is 759 g/mol. The summed E-state index contributed by atoms with van der Waals surface area (Å²) in [4.78, 5) is 39.6. The largest absolute Gasteiger partial charge is 0.497 e. The van der Waals surface area contributed by atoms with E-state index < -0.39 is 60.7 Å². The monoisotopic (exact) mass is 813 g/mol. The second-order valence-corrected chi connectivity index (χ2v) is 14.4. The van der Waals surface area contributed by atoms with E-state index in [1.54, 1.807) is 14.2 Å². The van der Waals surface area contributed by atoms with Crippen LogP contribution in [-0.4, -0.2) is 88.6 Å². The van der Waals surface area contributed by atoms with Gasteiger partial charge in [0.05, 0.1) is 53.9 Å². The van der Waals surface area contributed by atoms with Gasteiger partial charge in [-0.25, -0.2) is 4.79 Å². The number of methoxy groups -OCH3 is 3. The smallest absolute Gasteiger partial charge is 0.331 e. The van der Waals surface area contributed by atoms with Crippen molar-refractivity contribution in [1.29, 1.82) is 0 Å². The van der Waals surface area contributed by atoms with E-state index in [9.17, 15) is 14.4 Å². The first-order valence-electron chi connectivity index (χ1n) is 19.6. The highest BCUT2D eigenvalue weighted by Gasteiger charge is 2.47. The lowest BCUT2D eigenvalue weighted by molar-refractivity contribution is -0.313. The number of carbonyl (C=O) groups is 3. The molecule has 0 aliphatic carbocycles. The number of amides is 1. The third-order valence-corrected chi connectivity index (χ3v) is 9.79. The van der Waals surface area contributed by atoms with Crippen LogP contribution >= 0.6 is 0 Å². The molecule has 1 aliphatic heterocycles. The van der Waals surface area contributed by atoms with Gasteiger partial charge in [-0.2, -0.15) is 0 Å². The average molecular weight is 814 g/mol. The summed E-state index contributed by atoms with van der Waals surface area (Å²) < 4.78 is 54.4. The van der Waals surface area contributed by atoms with Crippen molar-refractivity contribution in [2.45, 2.75) is 89.9 Å². The zero-order valence-electron chi connectivity index (χ0n) is 34.4. The molecule has 0 bridgehead atoms. The number of rotatable bonds is 21. The minimum Gasteiger partial charge on any atom is -0.497 e. The van der Waals surface area contributed by atoms with Crippen LogP contribution in [0.2, 0.25) is 0 Å². The minimum atomic E-state index is -1.34. The summed E-state index contributed by atoms with van der Waals surface area (Å²) in [6.07, 6.45) is -5.54. The summed E-state index contributed by atoms with van der Waals surface area (Å²) in [7, 11) is 4.43. The fraction of sp³-hybridized carbons (Fsp3) is 0.413. The van der Waals surface area contributed by atoms with Crippen molar-refractivity contribution < 1.29 is 57.0 Å². The van der Waals surface area contributed by atoms with Crippen molar-refractivity contribution in [1.82, 2.24) is 5.32 Å². The van der Waals surface area contributed by atoms with Crippen molar-refractivity contribution in [3.63, 3.8) is 0 Å². The molecule has 316 valence electrons. The summed E-state index contributed by atoms with van der Waals surface area (Å²) >= 11 is 0. The molecule has 13 nitrogen and oxygen atoms in total. The molecule has 0 radical (unpaired) electrons. The number of carbonyl (C=O) groups excluding carboxylic acids is 3. The van der Waals surface area contributed by atoms with Gasteiger partial charge in [0.2, 0.25) is 0 Å². The lowest BCUT2D eigenvalue weighted by Gasteiger charge is -2.44. The number of nitrogens with one attached hydrogen (secondary N) is 1. The van der Waals surface area contributed by atoms with Gasteiger partial charge in [-0.05, 0) is 52.4 Å². The standard InChI is InChI=1S/C46H55NO12/c1-30(2)41(40(45(50)53-6)47-44(49)38(58-31(3)48)25-32-13-9-7-10-14-32)59-46-43(56-28-35-19-23-37(52-5)24-20-35)42(55-27-34-17-21-36(51-4)22-18-34)39(29-57-46)54-26-33-15-11-8-12-16-33/h7-24,30,38-43,46H,25-29H2,1-6H3,(H,47,49)/t38-,39-,40-,41+,42+,43-,46-/m1/s1. The fourth-order valence-corrected chi connectivity index (χ4v) is 6.63. The maximum atomic E-state index is 13.9. The van der Waals surface area contributed by atoms with Gasteiger partial charge in [-0.3, -0.25) is 9.59 Å². The Labute approximate surface area is 346 Å². The van der Waals surface area contributed by atoms with Crippen molar-refractivity contribution in [2.75, 3.05) is 27.9 Å². The molecule has 1 aliphatic rings. The zero-order valence-corrected chi connectivity index (χ0v) is 34.4. The molecule has 1 amide bonds. The number of hydrogen-bond acceptors (Lipinski definition) is 12. The first-order chi connectivity index (χ1) is 28.6. The quantitative estimate of drug-likeness (QED) is 0.0987. The predicted octanol–water partition coefficient (Wildman–Crippen LogP) is 5.99. The Morgan fingerprint density at radius 1 is 0.678 bits per heavy atom. The Kier molecular flexibility index (Phi) is 17.3. The molecule has 1 heterocycles. The SMILES string of the molecule is COC(=O)[C@H](NC(=O)[C@@H](Cc1ccccc1)OC(C)=O)[C@@H](O[C@H]1OC[C@@H](OCc2ccccc2)[C@H](OCc2ccc(OC)cc2)[C@H]1OCc1ccc(OC)cc1)C(C)C. The third-order valence-electron chi connectivity index (χ3n) is 9.79. The number of ether oxygens (including phenoxy) is 9. The second kappa shape index (κ2) is 22.7. The van der Waals surface area contributed by atoms with Crippen molar-refractivity contribution in [3.8, 4) is 11.5 Å². The summed E-state index contributed by atoms with van der Waals surface area (Å²) in [6, 6.07) is 32.6. The molecular formula is C46H55NO12. The van der Waals surface area contributed by atoms with Crippen LogP contribution < -0.4 is 14.8 Å². The van der Waals surface area contributed by atoms with E-state index in [0.717, 1.165) is 22.3 Å². The molecule has 5 rings (SSSR count). The van der Waals surface area contributed by atoms with Gasteiger partial charge in [-0.15, -0.1) is 0 Å². The Morgan fingerprint density at radius 3 is 1.69 bits per heavy atom. The van der Waals surface area contributed by atoms with Crippen LogP contribution in [0.4, 0.5) is 0 Å². The van der Waals surface area contributed by atoms with Gasteiger partial charge >= 0.3 is 11.9 Å². The third kappa shape index (κ3) is 13.4. The normalized spacial score (nSPS) is 19.2. The maximum absolute atomic E-state index is 13.9. The summed E-state index contributed by atoms with van der Waals surface area (Å²) in [6.45, 7) is 5.59. The van der Waals surface area contributed by atoms with E-state index in [4.69, 9.17) is 42.6 Å². The second-order valence-electron chi connectivity index (χ2n) is 14.4. The topological polar surface area (TPSA) is 146 Å². The lowest BCUT2D eigenvalue weighted by atomic mass is 9.97. The van der Waals surface area contributed by atoms with Gasteiger partial charge in [0.25, 0.3) is 5.91 Å². The van der Waals surface area contributed by atoms with Gasteiger partial charge in [-0.1, -0.05) is 98.8 Å². The van der Waals surface area contributed by atoms with Crippen LogP contribution in [0.15, 0.2) is 109 Å². The van der Waals surface area contributed by atoms with E-state index in [1.165, 1.54) is 14.0 Å². The molecule has 0 aromatic heterocycles. The maximum Gasteiger partial charge on any atom is 0.331 e. The highest BCUT2D eigenvalue weighted by Crippen LogP contribution is 2.30. The van der Waals surface area contributed by atoms with Crippen LogP contribution in [-0.2, 0) is 73.8 Å². The molecule has 1 fully saturated rings. The number of benzene rings is 4. The van der Waals surface area contributed by atoms with E-state index in [-0.39, 0.29) is 38.8 Å². The molecule has 59 heavy (non-hydrogen) atoms. The van der Waals surface area contributed by atoms with Crippen molar-refractivity contribution in [3.05, 3.63) is 131 Å². The molecule has 7 atom stereocenters. The van der Waals surface area contributed by atoms with Crippen LogP contribution in [0.25, 0.3) is 0 Å². The minimum absolute atomic E-state index is 0.0544. The van der Waals surface area contributed by atoms with Crippen LogP contribution in [0.1, 0.15) is 43.0 Å².